The molecule has 17 heavy (non-hydrogen) atoms. The average molecular weight is 290 g/mol. The Morgan fingerprint density at radius 1 is 1.35 bits per heavy atom. The molecular weight excluding hydrogens is 277 g/mol. The minimum Gasteiger partial charge on any atom is -0.326 e. The van der Waals surface area contributed by atoms with E-state index in [0.717, 1.165) is 10.6 Å². The Balaban J connectivity index is 2.04. The Labute approximate surface area is 115 Å². The van der Waals surface area contributed by atoms with Crippen molar-refractivity contribution in [3.05, 3.63) is 24.3 Å². The van der Waals surface area contributed by atoms with E-state index >= 15 is 0 Å². The summed E-state index contributed by atoms with van der Waals surface area (Å²) >= 11 is 13.6. The third-order valence-corrected chi connectivity index (χ3v) is 4.95. The van der Waals surface area contributed by atoms with Gasteiger partial charge in [-0.15, -0.1) is 35.0 Å². The van der Waals surface area contributed by atoms with Crippen molar-refractivity contribution < 1.29 is 4.79 Å². The molecule has 1 aliphatic carbocycles. The molecule has 0 bridgehead atoms. The monoisotopic (exact) mass is 289 g/mol. The first-order valence-electron chi connectivity index (χ1n) is 5.22. The van der Waals surface area contributed by atoms with E-state index in [4.69, 9.17) is 23.2 Å². The molecule has 1 amide bonds. The lowest BCUT2D eigenvalue weighted by molar-refractivity contribution is -0.120. The lowest BCUT2D eigenvalue weighted by Crippen LogP contribution is -2.25. The van der Waals surface area contributed by atoms with Crippen LogP contribution < -0.4 is 5.32 Å². The Morgan fingerprint density at radius 3 is 2.29 bits per heavy atom. The minimum atomic E-state index is -0.920. The van der Waals surface area contributed by atoms with E-state index in [9.17, 15) is 4.79 Å². The largest absolute Gasteiger partial charge is 0.326 e. The van der Waals surface area contributed by atoms with Crippen molar-refractivity contribution in [2.24, 2.45) is 5.41 Å². The van der Waals surface area contributed by atoms with Gasteiger partial charge in [-0.1, -0.05) is 0 Å². The maximum Gasteiger partial charge on any atom is 0.233 e. The highest BCUT2D eigenvalue weighted by Crippen LogP contribution is 2.64. The van der Waals surface area contributed by atoms with Gasteiger partial charge in [-0.3, -0.25) is 4.79 Å². The van der Waals surface area contributed by atoms with Crippen molar-refractivity contribution in [1.29, 1.82) is 0 Å². The molecule has 0 aromatic heterocycles. The summed E-state index contributed by atoms with van der Waals surface area (Å²) in [6, 6.07) is 7.67. The van der Waals surface area contributed by atoms with Crippen LogP contribution in [0.2, 0.25) is 0 Å². The van der Waals surface area contributed by atoms with Crippen LogP contribution in [0.15, 0.2) is 29.2 Å². The molecule has 0 heterocycles. The van der Waals surface area contributed by atoms with E-state index in [0.29, 0.717) is 6.42 Å². The number of thioether (sulfide) groups is 1. The third-order valence-electron chi connectivity index (χ3n) is 3.11. The normalized spacial score (nSPS) is 25.4. The molecule has 0 aliphatic heterocycles. The van der Waals surface area contributed by atoms with Gasteiger partial charge in [-0.2, -0.15) is 0 Å². The van der Waals surface area contributed by atoms with Crippen molar-refractivity contribution in [1.82, 2.24) is 0 Å². The molecule has 5 heteroatoms. The van der Waals surface area contributed by atoms with Gasteiger partial charge in [0.1, 0.15) is 4.33 Å². The molecule has 1 atom stereocenters. The Bertz CT molecular complexity index is 446. The van der Waals surface area contributed by atoms with E-state index in [-0.39, 0.29) is 5.91 Å². The fourth-order valence-corrected chi connectivity index (χ4v) is 2.70. The van der Waals surface area contributed by atoms with Crippen LogP contribution in [0.5, 0.6) is 0 Å². The summed E-state index contributed by atoms with van der Waals surface area (Å²) < 4.78 is -0.920. The van der Waals surface area contributed by atoms with Crippen LogP contribution in [0.1, 0.15) is 13.3 Å². The number of nitrogens with one attached hydrogen (secondary N) is 1. The number of carbonyl (C=O) groups is 1. The van der Waals surface area contributed by atoms with Gasteiger partial charge in [0, 0.05) is 10.6 Å². The van der Waals surface area contributed by atoms with Crippen LogP contribution >= 0.6 is 35.0 Å². The zero-order valence-electron chi connectivity index (χ0n) is 9.59. The van der Waals surface area contributed by atoms with Gasteiger partial charge in [0.15, 0.2) is 0 Å². The molecule has 0 saturated heterocycles. The van der Waals surface area contributed by atoms with E-state index in [1.807, 2.05) is 30.5 Å². The topological polar surface area (TPSA) is 29.1 Å². The summed E-state index contributed by atoms with van der Waals surface area (Å²) in [5, 5.41) is 2.83. The molecule has 1 fully saturated rings. The molecule has 1 aliphatic rings. The smallest absolute Gasteiger partial charge is 0.233 e. The Morgan fingerprint density at radius 2 is 1.88 bits per heavy atom. The van der Waals surface area contributed by atoms with Crippen LogP contribution in [0.4, 0.5) is 5.69 Å². The molecule has 1 N–H and O–H groups in total. The number of amides is 1. The van der Waals surface area contributed by atoms with Gasteiger partial charge < -0.3 is 5.32 Å². The zero-order valence-corrected chi connectivity index (χ0v) is 11.9. The van der Waals surface area contributed by atoms with Crippen molar-refractivity contribution in [3.63, 3.8) is 0 Å². The van der Waals surface area contributed by atoms with Crippen LogP contribution in [0, 0.1) is 5.41 Å². The fraction of sp³-hybridized carbons (Fsp3) is 0.417. The van der Waals surface area contributed by atoms with Gasteiger partial charge in [0.05, 0.1) is 5.41 Å². The maximum atomic E-state index is 12.0. The van der Waals surface area contributed by atoms with Gasteiger partial charge >= 0.3 is 0 Å². The predicted octanol–water partition coefficient (Wildman–Crippen LogP) is 3.93. The first-order chi connectivity index (χ1) is 7.89. The van der Waals surface area contributed by atoms with E-state index in [2.05, 4.69) is 5.32 Å². The summed E-state index contributed by atoms with van der Waals surface area (Å²) in [4.78, 5) is 13.1. The number of rotatable bonds is 3. The summed E-state index contributed by atoms with van der Waals surface area (Å²) in [5.41, 5.74) is 0.0962. The van der Waals surface area contributed by atoms with Gasteiger partial charge in [-0.25, -0.2) is 0 Å². The highest BCUT2D eigenvalue weighted by atomic mass is 35.5. The second-order valence-corrected chi connectivity index (χ2v) is 6.76. The second kappa shape index (κ2) is 4.38. The summed E-state index contributed by atoms with van der Waals surface area (Å²) in [6.07, 6.45) is 2.51. The lowest BCUT2D eigenvalue weighted by atomic mass is 10.1. The molecule has 2 rings (SSSR count). The lowest BCUT2D eigenvalue weighted by Gasteiger charge is -2.12. The minimum absolute atomic E-state index is 0.126. The van der Waals surface area contributed by atoms with Crippen LogP contribution in [-0.2, 0) is 4.79 Å². The molecule has 1 unspecified atom stereocenters. The first kappa shape index (κ1) is 13.1. The maximum absolute atomic E-state index is 12.0. The average Bonchev–Trinajstić information content (AvgIpc) is 2.81. The summed E-state index contributed by atoms with van der Waals surface area (Å²) in [6.45, 7) is 1.78. The highest BCUT2D eigenvalue weighted by molar-refractivity contribution is 7.98. The standard InChI is InChI=1S/C12H13Cl2NOS/c1-11(7-12(11,13)14)10(16)15-8-3-5-9(17-2)6-4-8/h3-6H,7H2,1-2H3,(H,15,16). The number of hydrogen-bond acceptors (Lipinski definition) is 2. The molecule has 1 aromatic carbocycles. The summed E-state index contributed by atoms with van der Waals surface area (Å²) in [7, 11) is 0. The van der Waals surface area contributed by atoms with E-state index < -0.39 is 9.75 Å². The molecule has 0 spiro atoms. The second-order valence-electron chi connectivity index (χ2n) is 4.40. The Kier molecular flexibility index (Phi) is 3.36. The molecular formula is C12H13Cl2NOS. The SMILES string of the molecule is CSc1ccc(NC(=O)C2(C)CC2(Cl)Cl)cc1. The molecule has 92 valence electrons. The van der Waals surface area contributed by atoms with Crippen LogP contribution in [-0.4, -0.2) is 16.5 Å². The van der Waals surface area contributed by atoms with Crippen molar-refractivity contribution >= 4 is 46.6 Å². The van der Waals surface area contributed by atoms with E-state index in [1.54, 1.807) is 18.7 Å². The van der Waals surface area contributed by atoms with Gasteiger partial charge in [-0.05, 0) is 43.9 Å². The number of carbonyl (C=O) groups excluding carboxylic acids is 1. The van der Waals surface area contributed by atoms with Crippen molar-refractivity contribution in [3.8, 4) is 0 Å². The molecule has 1 saturated carbocycles. The van der Waals surface area contributed by atoms with Crippen molar-refractivity contribution in [2.45, 2.75) is 22.6 Å². The molecule has 1 aromatic rings. The first-order valence-corrected chi connectivity index (χ1v) is 7.20. The van der Waals surface area contributed by atoms with Crippen LogP contribution in [0.3, 0.4) is 0 Å². The van der Waals surface area contributed by atoms with Crippen LogP contribution in [0.25, 0.3) is 0 Å². The highest BCUT2D eigenvalue weighted by Gasteiger charge is 2.67. The molecule has 0 radical (unpaired) electrons. The zero-order chi connectivity index (χ0) is 12.7. The summed E-state index contributed by atoms with van der Waals surface area (Å²) in [5.74, 6) is -0.126. The molecule has 2 nitrogen and oxygen atoms in total. The van der Waals surface area contributed by atoms with Crippen molar-refractivity contribution in [2.75, 3.05) is 11.6 Å². The number of anilines is 1. The quantitative estimate of drug-likeness (QED) is 0.675. The number of halogens is 2. The number of hydrogen-bond donors (Lipinski definition) is 1. The predicted molar refractivity (Wildman–Crippen MR) is 74.0 cm³/mol. The van der Waals surface area contributed by atoms with Gasteiger partial charge in [0.2, 0.25) is 5.91 Å². The van der Waals surface area contributed by atoms with E-state index in [1.165, 1.54) is 0 Å². The third kappa shape index (κ3) is 2.42. The number of alkyl halides is 2. The Hall–Kier alpha value is -0.380. The van der Waals surface area contributed by atoms with Gasteiger partial charge in [0.25, 0.3) is 0 Å². The number of benzene rings is 1. The fourth-order valence-electron chi connectivity index (χ4n) is 1.59.